The predicted molar refractivity (Wildman–Crippen MR) is 115 cm³/mol. The minimum atomic E-state index is -4.83. The van der Waals surface area contributed by atoms with Gasteiger partial charge in [0.1, 0.15) is 5.56 Å². The standard InChI is InChI=1S/C21H19ClF3N5O2/c1-2-32-20(31)17-11-28-30(19(17)21(23,24)25)16-9-7-15(8-10-16)29(27)12-18(26)13-3-5-14(22)6-4-13/h3-12H,2,26-27H2,1H3/b18-12-. The Kier molecular flexibility index (Phi) is 6.75. The summed E-state index contributed by atoms with van der Waals surface area (Å²) in [6, 6.07) is 12.6. The van der Waals surface area contributed by atoms with Crippen LogP contribution in [-0.4, -0.2) is 22.4 Å². The fraction of sp³-hybridized carbons (Fsp3) is 0.143. The van der Waals surface area contributed by atoms with Crippen molar-refractivity contribution in [2.45, 2.75) is 13.1 Å². The van der Waals surface area contributed by atoms with E-state index in [1.165, 1.54) is 42.4 Å². The van der Waals surface area contributed by atoms with Crippen molar-refractivity contribution in [2.75, 3.05) is 11.6 Å². The van der Waals surface area contributed by atoms with Crippen molar-refractivity contribution in [2.24, 2.45) is 11.6 Å². The molecule has 0 aliphatic carbocycles. The van der Waals surface area contributed by atoms with Gasteiger partial charge in [-0.1, -0.05) is 23.7 Å². The van der Waals surface area contributed by atoms with Crippen LogP contribution in [0.3, 0.4) is 0 Å². The summed E-state index contributed by atoms with van der Waals surface area (Å²) in [5.74, 6) is 4.92. The summed E-state index contributed by atoms with van der Waals surface area (Å²) in [6.45, 7) is 1.44. The molecule has 1 heterocycles. The van der Waals surface area contributed by atoms with E-state index in [-0.39, 0.29) is 12.3 Å². The third-order valence-corrected chi connectivity index (χ3v) is 4.63. The van der Waals surface area contributed by atoms with Gasteiger partial charge >= 0.3 is 12.1 Å². The molecule has 7 nitrogen and oxygen atoms in total. The number of nitrogens with two attached hydrogens (primary N) is 2. The Balaban J connectivity index is 1.89. The van der Waals surface area contributed by atoms with Crippen molar-refractivity contribution in [3.05, 3.63) is 82.8 Å². The van der Waals surface area contributed by atoms with Crippen molar-refractivity contribution in [1.82, 2.24) is 9.78 Å². The van der Waals surface area contributed by atoms with Gasteiger partial charge < -0.3 is 10.5 Å². The second-order valence-electron chi connectivity index (χ2n) is 6.55. The molecule has 3 rings (SSSR count). The van der Waals surface area contributed by atoms with E-state index in [0.29, 0.717) is 26.7 Å². The SMILES string of the molecule is CCOC(=O)c1cnn(-c2ccc(N(N)/C=C(\N)c3ccc(Cl)cc3)cc2)c1C(F)(F)F. The van der Waals surface area contributed by atoms with Crippen LogP contribution in [0.5, 0.6) is 0 Å². The van der Waals surface area contributed by atoms with Gasteiger partial charge in [0, 0.05) is 11.2 Å². The van der Waals surface area contributed by atoms with Crippen LogP contribution in [0.4, 0.5) is 18.9 Å². The van der Waals surface area contributed by atoms with E-state index in [1.54, 1.807) is 24.3 Å². The number of rotatable bonds is 6. The van der Waals surface area contributed by atoms with Crippen molar-refractivity contribution in [3.63, 3.8) is 0 Å². The highest BCUT2D eigenvalue weighted by Crippen LogP contribution is 2.34. The molecule has 0 fully saturated rings. The summed E-state index contributed by atoms with van der Waals surface area (Å²) in [5, 5.41) is 5.52. The topological polar surface area (TPSA) is 99.4 Å². The maximum Gasteiger partial charge on any atom is 0.434 e. The van der Waals surface area contributed by atoms with E-state index >= 15 is 0 Å². The Morgan fingerprint density at radius 3 is 2.38 bits per heavy atom. The number of ether oxygens (including phenoxy) is 1. The number of benzene rings is 2. The summed E-state index contributed by atoms with van der Waals surface area (Å²) in [4.78, 5) is 11.9. The molecule has 168 valence electrons. The van der Waals surface area contributed by atoms with Crippen LogP contribution in [-0.2, 0) is 10.9 Å². The Labute approximate surface area is 186 Å². The third-order valence-electron chi connectivity index (χ3n) is 4.38. The van der Waals surface area contributed by atoms with Crippen LogP contribution in [0.2, 0.25) is 5.02 Å². The average Bonchev–Trinajstić information content (AvgIpc) is 3.20. The number of alkyl halides is 3. The number of anilines is 1. The third kappa shape index (κ3) is 5.04. The lowest BCUT2D eigenvalue weighted by molar-refractivity contribution is -0.143. The number of esters is 1. The first-order valence-electron chi connectivity index (χ1n) is 9.31. The van der Waals surface area contributed by atoms with Gasteiger partial charge in [0.05, 0.1) is 29.9 Å². The summed E-state index contributed by atoms with van der Waals surface area (Å²) in [6.07, 6.45) is -2.53. The molecule has 0 spiro atoms. The van der Waals surface area contributed by atoms with Gasteiger partial charge in [-0.3, -0.25) is 5.01 Å². The van der Waals surface area contributed by atoms with Gasteiger partial charge in [0.25, 0.3) is 0 Å². The van der Waals surface area contributed by atoms with Crippen LogP contribution < -0.4 is 16.6 Å². The highest BCUT2D eigenvalue weighted by molar-refractivity contribution is 6.30. The minimum Gasteiger partial charge on any atom is -0.462 e. The molecule has 0 aliphatic rings. The van der Waals surface area contributed by atoms with E-state index in [4.69, 9.17) is 27.9 Å². The number of nitrogens with zero attached hydrogens (tertiary/aromatic N) is 3. The molecule has 1 aromatic heterocycles. The number of carbonyl (C=O) groups is 1. The quantitative estimate of drug-likeness (QED) is 0.319. The van der Waals surface area contributed by atoms with Gasteiger partial charge in [0.2, 0.25) is 0 Å². The van der Waals surface area contributed by atoms with E-state index in [1.807, 2.05) is 0 Å². The molecule has 32 heavy (non-hydrogen) atoms. The zero-order chi connectivity index (χ0) is 23.5. The van der Waals surface area contributed by atoms with Crippen LogP contribution in [0, 0.1) is 0 Å². The Bertz CT molecular complexity index is 1130. The Morgan fingerprint density at radius 2 is 1.81 bits per heavy atom. The number of carbonyl (C=O) groups excluding carboxylic acids is 1. The molecule has 0 radical (unpaired) electrons. The number of halogens is 4. The number of hydrazine groups is 1. The van der Waals surface area contributed by atoms with Crippen molar-refractivity contribution in [3.8, 4) is 5.69 Å². The molecule has 0 bridgehead atoms. The lowest BCUT2D eigenvalue weighted by atomic mass is 10.2. The number of hydrogen-bond donors (Lipinski definition) is 2. The number of hydrogen-bond acceptors (Lipinski definition) is 6. The largest absolute Gasteiger partial charge is 0.462 e. The lowest BCUT2D eigenvalue weighted by Crippen LogP contribution is -2.25. The van der Waals surface area contributed by atoms with Crippen LogP contribution >= 0.6 is 11.6 Å². The smallest absolute Gasteiger partial charge is 0.434 e. The van der Waals surface area contributed by atoms with Crippen molar-refractivity contribution < 1.29 is 22.7 Å². The van der Waals surface area contributed by atoms with Gasteiger partial charge in [-0.2, -0.15) is 18.3 Å². The first-order valence-corrected chi connectivity index (χ1v) is 9.69. The highest BCUT2D eigenvalue weighted by atomic mass is 35.5. The molecule has 0 unspecified atom stereocenters. The van der Waals surface area contributed by atoms with Crippen molar-refractivity contribution >= 4 is 29.0 Å². The van der Waals surface area contributed by atoms with E-state index in [0.717, 1.165) is 6.20 Å². The average molecular weight is 466 g/mol. The molecule has 4 N–H and O–H groups in total. The molecule has 3 aromatic rings. The van der Waals surface area contributed by atoms with Crippen LogP contribution in [0.25, 0.3) is 11.4 Å². The second-order valence-corrected chi connectivity index (χ2v) is 6.99. The highest BCUT2D eigenvalue weighted by Gasteiger charge is 2.41. The van der Waals surface area contributed by atoms with Gasteiger partial charge in [-0.15, -0.1) is 0 Å². The second kappa shape index (κ2) is 9.33. The normalized spacial score (nSPS) is 12.0. The van der Waals surface area contributed by atoms with Crippen LogP contribution in [0.15, 0.2) is 60.9 Å². The predicted octanol–water partition coefficient (Wildman–Crippen LogP) is 4.36. The fourth-order valence-electron chi connectivity index (χ4n) is 2.88. The van der Waals surface area contributed by atoms with Crippen molar-refractivity contribution in [1.29, 1.82) is 0 Å². The van der Waals surface area contributed by atoms with Gasteiger partial charge in [-0.25, -0.2) is 15.3 Å². The summed E-state index contributed by atoms with van der Waals surface area (Å²) >= 11 is 5.86. The maximum absolute atomic E-state index is 13.6. The molecule has 2 aromatic carbocycles. The molecule has 0 amide bonds. The zero-order valence-electron chi connectivity index (χ0n) is 16.8. The molecule has 0 saturated carbocycles. The molecule has 11 heteroatoms. The summed E-state index contributed by atoms with van der Waals surface area (Å²) < 4.78 is 46.3. The molecule has 0 aliphatic heterocycles. The zero-order valence-corrected chi connectivity index (χ0v) is 17.6. The van der Waals surface area contributed by atoms with E-state index in [9.17, 15) is 18.0 Å². The molecular formula is C21H19ClF3N5O2. The molecule has 0 saturated heterocycles. The Morgan fingerprint density at radius 1 is 1.19 bits per heavy atom. The molecule has 0 atom stereocenters. The summed E-state index contributed by atoms with van der Waals surface area (Å²) in [7, 11) is 0. The minimum absolute atomic E-state index is 0.0605. The van der Waals surface area contributed by atoms with E-state index in [2.05, 4.69) is 5.10 Å². The first-order chi connectivity index (χ1) is 15.1. The Hall–Kier alpha value is -3.50. The molecular weight excluding hydrogens is 447 g/mol. The van der Waals surface area contributed by atoms with Gasteiger partial charge in [-0.05, 0) is 48.9 Å². The van der Waals surface area contributed by atoms with Gasteiger partial charge in [0.15, 0.2) is 5.69 Å². The summed E-state index contributed by atoms with van der Waals surface area (Å²) in [5.41, 5.74) is 5.75. The van der Waals surface area contributed by atoms with E-state index < -0.39 is 23.4 Å². The monoisotopic (exact) mass is 465 g/mol. The first kappa shape index (κ1) is 23.2. The van der Waals surface area contributed by atoms with Crippen LogP contribution in [0.1, 0.15) is 28.5 Å². The lowest BCUT2D eigenvalue weighted by Gasteiger charge is -2.17. The number of aromatic nitrogens is 2. The maximum atomic E-state index is 13.6. The fourth-order valence-corrected chi connectivity index (χ4v) is 3.01.